The lowest BCUT2D eigenvalue weighted by Crippen LogP contribution is -2.40. The Morgan fingerprint density at radius 1 is 0.573 bits per heavy atom. The number of likely N-dealkylation sites (N-methyl/N-ethyl adjacent to an activating group) is 2. The second-order valence-corrected chi connectivity index (χ2v) is 21.2. The Kier molecular flexibility index (Phi) is 11.7. The fourth-order valence-corrected chi connectivity index (χ4v) is 9.97. The summed E-state index contributed by atoms with van der Waals surface area (Å²) in [6.07, 6.45) is -17.4. The second kappa shape index (κ2) is 32.9. The first-order valence-corrected chi connectivity index (χ1v) is 29.4. The Labute approximate surface area is 625 Å². The van der Waals surface area contributed by atoms with Crippen molar-refractivity contribution in [3.05, 3.63) is 233 Å². The van der Waals surface area contributed by atoms with Crippen molar-refractivity contribution in [1.29, 1.82) is 0 Å². The van der Waals surface area contributed by atoms with Gasteiger partial charge in [0.2, 0.25) is 11.8 Å². The van der Waals surface area contributed by atoms with Crippen molar-refractivity contribution < 1.29 is 105 Å². The van der Waals surface area contributed by atoms with Crippen LogP contribution in [0, 0.1) is 24.5 Å². The molecule has 1 atom stereocenters. The van der Waals surface area contributed by atoms with Crippen LogP contribution in [0.25, 0.3) is 22.3 Å². The van der Waals surface area contributed by atoms with Gasteiger partial charge < -0.3 is 28.7 Å². The summed E-state index contributed by atoms with van der Waals surface area (Å²) in [6.45, 7) is -36.8. The molecule has 0 aliphatic heterocycles. The Morgan fingerprint density at radius 2 is 1.03 bits per heavy atom. The average molecular weight is 1410 g/mol. The summed E-state index contributed by atoms with van der Waals surface area (Å²) in [7, 11) is 0. The molecule has 2 aliphatic rings. The maximum Gasteiger partial charge on any atom is 0.416 e. The largest absolute Gasteiger partial charge is 0.416 e. The molecule has 2 amide bonds. The van der Waals surface area contributed by atoms with Crippen LogP contribution in [0.3, 0.4) is 0 Å². The van der Waals surface area contributed by atoms with Gasteiger partial charge in [0.05, 0.1) is 42.7 Å². The standard InChI is InChI=1S/2C37H40F4N4O2S/c1-4-43(5-2)18-19-44(22-26-6-10-28(11-7-26)29-12-14-30(15-13-29)37(39,40)41)34(46)23-45-33-21-25(3)20-32(33)35(47)42-36(45)48-24-27-8-16-31(38)17-9-27;1-4-43(5-2)19-20-44(22-26-9-13-28(14-10-26)29-15-18-32(25(3)21-29)37(39,40)41)34(46)23-45-33-8-6-7-31(33)35(47)42-36(45)48-24-27-11-16-30(38)17-12-27/h6-17,25H,4-5,18-24H2,1-3H3;9-18,21H,4-8,19-20,22-24H2,1-3H3/i4D2,5D2,8D,9D,16D,17D,18D2,19D2,20D2,21D2,23D2,24D2,25D;4D2,5D2,9D,10D,11D,12D,13D,14D,15D,16D,17D,18D,19D2,20D2,21D,23D2,24D2. The van der Waals surface area contributed by atoms with Crippen molar-refractivity contribution in [1.82, 2.24) is 38.7 Å². The summed E-state index contributed by atoms with van der Waals surface area (Å²) < 4.78 is 492. The van der Waals surface area contributed by atoms with E-state index < -0.39 is 334 Å². The summed E-state index contributed by atoms with van der Waals surface area (Å²) >= 11 is -0.787. The molecule has 96 heavy (non-hydrogen) atoms. The molecule has 1 unspecified atom stereocenters. The molecule has 0 saturated heterocycles. The van der Waals surface area contributed by atoms with E-state index in [-0.39, 0.29) is 77.1 Å². The number of amides is 2. The maximum atomic E-state index is 15.2. The van der Waals surface area contributed by atoms with Crippen molar-refractivity contribution in [3.8, 4) is 22.3 Å². The van der Waals surface area contributed by atoms with E-state index in [4.69, 9.17) is 49.3 Å². The molecule has 2 aliphatic carbocycles. The average Bonchev–Trinajstić information content (AvgIpc) is 1.51. The van der Waals surface area contributed by atoms with Crippen LogP contribution in [-0.4, -0.2) is 102 Å². The van der Waals surface area contributed by atoms with Crippen LogP contribution in [0.4, 0.5) is 35.1 Å². The molecule has 0 fully saturated rings. The summed E-state index contributed by atoms with van der Waals surface area (Å²) in [5.41, 5.74) is -22.3. The summed E-state index contributed by atoms with van der Waals surface area (Å²) in [5, 5.41) is -2.58. The molecule has 0 saturated carbocycles. The number of rotatable bonds is 26. The molecule has 508 valence electrons. The van der Waals surface area contributed by atoms with E-state index in [0.29, 0.717) is 34.6 Å². The smallest absolute Gasteiger partial charge is 0.336 e. The second-order valence-electron chi connectivity index (χ2n) is 19.6. The van der Waals surface area contributed by atoms with Crippen LogP contribution >= 0.6 is 23.5 Å². The molecule has 10 rings (SSSR count). The number of nitrogens with zero attached hydrogens (tertiary/aromatic N) is 8. The van der Waals surface area contributed by atoms with Crippen LogP contribution in [0.5, 0.6) is 0 Å². The molecule has 8 aromatic rings. The monoisotopic (exact) mass is 1400 g/mol. The topological polar surface area (TPSA) is 117 Å². The minimum atomic E-state index is -5.27. The van der Waals surface area contributed by atoms with Gasteiger partial charge in [-0.2, -0.15) is 36.3 Å². The zero-order chi connectivity index (χ0) is 108. The highest BCUT2D eigenvalue weighted by Gasteiger charge is 2.34. The van der Waals surface area contributed by atoms with Gasteiger partial charge >= 0.3 is 12.4 Å². The quantitative estimate of drug-likeness (QED) is 0.0295. The first-order valence-electron chi connectivity index (χ1n) is 49.8. The SMILES string of the molecule is [2H]c1c([2H])c(C([2H])([2H])Sc2nc(=O)c3c(n2C([2H])([2H])C(=O)N(Cc2c([2H])c([2H])c(-c4c([2H])c([2H])c(C(F)(F)F)c(C)c4[2H])c([2H])c2[2H])C([2H])([2H])C([2H])([2H])N(C([2H])([2H])C)C([2H])([2H])C)CCC3)c([2H])c([2H])c1F.[2H]c1c([2H])c(C([2H])([2H])Sc2nc(=O)c3c(n2C([2H])([2H])C(=O)N(Cc2ccc(-c4ccc(C(F)(F)F)cc4)cc2)C([2H])([2H])C([2H])([2H])N(C([2H])([2H])C)C([2H])([2H])C)C([2H])([2H])C([2H])(C)C3([2H])[2H])c([2H])c([2H])c1F. The van der Waals surface area contributed by atoms with Crippen LogP contribution < -0.4 is 11.1 Å². The lowest BCUT2D eigenvalue weighted by Gasteiger charge is -2.28. The number of benzene rings is 6. The first-order chi connectivity index (χ1) is 62.8. The highest BCUT2D eigenvalue weighted by atomic mass is 32.2. The minimum Gasteiger partial charge on any atom is -0.336 e. The van der Waals surface area contributed by atoms with Crippen molar-refractivity contribution in [2.24, 2.45) is 5.89 Å². The molecule has 22 heteroatoms. The Morgan fingerprint density at radius 3 is 1.52 bits per heavy atom. The normalized spacial score (nSPS) is 23.9. The van der Waals surface area contributed by atoms with Crippen molar-refractivity contribution in [2.45, 2.75) is 134 Å². The number of thioether (sulfide) groups is 2. The van der Waals surface area contributed by atoms with Gasteiger partial charge in [0.1, 0.15) is 24.6 Å². The van der Waals surface area contributed by atoms with Crippen molar-refractivity contribution in [2.75, 3.05) is 52.0 Å². The van der Waals surface area contributed by atoms with Crippen molar-refractivity contribution >= 4 is 35.3 Å². The number of aromatic nitrogens is 4. The molecule has 0 N–H and O–H groups in total. The van der Waals surface area contributed by atoms with Gasteiger partial charge in [-0.1, -0.05) is 155 Å². The third-order valence-corrected chi connectivity index (χ3v) is 14.7. The summed E-state index contributed by atoms with van der Waals surface area (Å²) in [4.78, 5) is 63.8. The fraction of sp³-hybridized carbons (Fsp3) is 0.378. The lowest BCUT2D eigenvalue weighted by molar-refractivity contribution is -0.138. The van der Waals surface area contributed by atoms with Gasteiger partial charge in [-0.3, -0.25) is 19.2 Å². The molecular formula is C74H80F8N8O4S2. The van der Waals surface area contributed by atoms with E-state index in [0.717, 1.165) is 43.3 Å². The Bertz CT molecular complexity index is 6300. The van der Waals surface area contributed by atoms with E-state index >= 15 is 9.59 Å². The van der Waals surface area contributed by atoms with E-state index in [1.165, 1.54) is 12.1 Å². The van der Waals surface area contributed by atoms with Gasteiger partial charge in [0, 0.05) is 102 Å². The Balaban J connectivity index is 0.000000313. The molecule has 0 spiro atoms. The van der Waals surface area contributed by atoms with Crippen LogP contribution in [0.1, 0.15) is 163 Å². The van der Waals surface area contributed by atoms with Crippen LogP contribution in [-0.2, 0) is 85.0 Å². The van der Waals surface area contributed by atoms with Gasteiger partial charge in [-0.15, -0.1) is 0 Å². The molecule has 0 radical (unpaired) electrons. The third-order valence-electron chi connectivity index (χ3n) is 13.2. The van der Waals surface area contributed by atoms with E-state index in [2.05, 4.69) is 9.97 Å². The predicted octanol–water partition coefficient (Wildman–Crippen LogP) is 15.0. The predicted molar refractivity (Wildman–Crippen MR) is 362 cm³/mol. The maximum absolute atomic E-state index is 15.2. The fourth-order valence-electron chi connectivity index (χ4n) is 8.65. The number of hydrogen-bond donors (Lipinski definition) is 0. The minimum absolute atomic E-state index is 0.0441. The van der Waals surface area contributed by atoms with E-state index in [9.17, 15) is 55.7 Å². The molecule has 2 heterocycles. The van der Waals surface area contributed by atoms with E-state index in [1.54, 1.807) is 0 Å². The highest BCUT2D eigenvalue weighted by Crippen LogP contribution is 2.36. The molecule has 2 aromatic heterocycles. The lowest BCUT2D eigenvalue weighted by atomic mass is 9.98. The van der Waals surface area contributed by atoms with Crippen LogP contribution in [0.2, 0.25) is 0 Å². The zero-order valence-electron chi connectivity index (χ0n) is 94.7. The summed E-state index contributed by atoms with van der Waals surface area (Å²) in [6, 6.07) is -11.3. The number of halogens is 8. The van der Waals surface area contributed by atoms with Gasteiger partial charge in [0.15, 0.2) is 10.3 Å². The molecule has 0 bridgehead atoms. The van der Waals surface area contributed by atoms with E-state index in [1.807, 2.05) is 0 Å². The highest BCUT2D eigenvalue weighted by molar-refractivity contribution is 7.98. The number of carbonyl (C=O) groups is 2. The van der Waals surface area contributed by atoms with Crippen LogP contribution in [0.15, 0.2) is 159 Å². The van der Waals surface area contributed by atoms with Gasteiger partial charge in [0.25, 0.3) is 11.1 Å². The Hall–Kier alpha value is -7.92. The third kappa shape index (κ3) is 19.0. The first kappa shape index (κ1) is 34.0. The molecular weight excluding hydrogens is 1280 g/mol. The number of carbonyl (C=O) groups excluding carboxylic acids is 2. The number of alkyl halides is 6. The van der Waals surface area contributed by atoms with Gasteiger partial charge in [-0.25, -0.2) is 8.78 Å². The zero-order valence-corrected chi connectivity index (χ0v) is 52.3. The molecule has 6 aromatic carbocycles. The van der Waals surface area contributed by atoms with Crippen molar-refractivity contribution in [3.63, 3.8) is 0 Å². The number of hydrogen-bond acceptors (Lipinski definition) is 10. The number of fused-ring (bicyclic) bond motifs is 2. The molecule has 12 nitrogen and oxygen atoms in total. The summed E-state index contributed by atoms with van der Waals surface area (Å²) in [5.74, 6) is -11.1. The van der Waals surface area contributed by atoms with Gasteiger partial charge in [-0.05, 0) is 163 Å².